The molecule has 0 fully saturated rings. The summed E-state index contributed by atoms with van der Waals surface area (Å²) in [6, 6.07) is 72.2. The number of hydrogen-bond acceptors (Lipinski definition) is 0. The number of aryl methyl sites for hydroxylation is 2. The number of nitrogens with zero attached hydrogens (tertiary/aromatic N) is 2. The van der Waals surface area contributed by atoms with E-state index < -0.39 is 0 Å². The largest absolute Gasteiger partial charge is 0.344 e. The van der Waals surface area contributed by atoms with Crippen LogP contribution in [0.2, 0.25) is 0 Å². The van der Waals surface area contributed by atoms with Gasteiger partial charge >= 0.3 is 0 Å². The molecule has 0 spiro atoms. The van der Waals surface area contributed by atoms with Gasteiger partial charge in [-0.1, -0.05) is 140 Å². The third kappa shape index (κ3) is 4.85. The maximum atomic E-state index is 2.46. The molecule has 2 aromatic heterocycles. The summed E-state index contributed by atoms with van der Waals surface area (Å²) in [6.07, 6.45) is 0. The Kier molecular flexibility index (Phi) is 7.09. The first-order valence-corrected chi connectivity index (χ1v) is 20.1. The van der Waals surface area contributed by atoms with Gasteiger partial charge in [-0.2, -0.15) is 0 Å². The maximum Gasteiger partial charge on any atom is 0.0489 e. The lowest BCUT2D eigenvalue weighted by atomic mass is 9.85. The zero-order valence-electron chi connectivity index (χ0n) is 32.4. The quantitative estimate of drug-likeness (QED) is 0.159. The Morgan fingerprint density at radius 1 is 0.259 bits per heavy atom. The van der Waals surface area contributed by atoms with Gasteiger partial charge in [-0.05, 0) is 131 Å². The number of hydrogen-bond donors (Lipinski definition) is 0. The van der Waals surface area contributed by atoms with Crippen molar-refractivity contribution < 1.29 is 0 Å². The predicted molar refractivity (Wildman–Crippen MR) is 249 cm³/mol. The normalized spacial score (nSPS) is 12.0. The first-order chi connectivity index (χ1) is 28.6. The number of aromatic nitrogens is 2. The summed E-state index contributed by atoms with van der Waals surface area (Å²) >= 11 is 0. The molecule has 10 aromatic carbocycles. The van der Waals surface area contributed by atoms with E-state index >= 15 is 0 Å². The molecule has 0 aliphatic carbocycles. The highest BCUT2D eigenvalue weighted by Gasteiger charge is 2.18. The molecule has 0 radical (unpaired) electrons. The zero-order valence-corrected chi connectivity index (χ0v) is 32.4. The van der Waals surface area contributed by atoms with E-state index in [4.69, 9.17) is 0 Å². The Labute approximate surface area is 336 Å². The van der Waals surface area contributed by atoms with Crippen molar-refractivity contribution in [1.82, 2.24) is 9.13 Å². The smallest absolute Gasteiger partial charge is 0.0489 e. The van der Waals surface area contributed by atoms with Crippen LogP contribution in [0.1, 0.15) is 0 Å². The summed E-state index contributed by atoms with van der Waals surface area (Å²) < 4.78 is 4.62. The molecule has 0 saturated heterocycles. The van der Waals surface area contributed by atoms with Crippen LogP contribution in [0.5, 0.6) is 0 Å². The van der Waals surface area contributed by atoms with Gasteiger partial charge < -0.3 is 9.13 Å². The molecule has 272 valence electrons. The van der Waals surface area contributed by atoms with Crippen molar-refractivity contribution in [3.63, 3.8) is 0 Å². The molecule has 0 unspecified atom stereocenters. The number of benzene rings is 10. The van der Waals surface area contributed by atoms with E-state index in [0.29, 0.717) is 0 Å². The fraction of sp³-hybridized carbons (Fsp3) is 0.0357. The van der Waals surface area contributed by atoms with Gasteiger partial charge in [-0.25, -0.2) is 0 Å². The van der Waals surface area contributed by atoms with Crippen LogP contribution in [-0.2, 0) is 14.1 Å². The van der Waals surface area contributed by atoms with Crippen LogP contribution < -0.4 is 0 Å². The molecule has 0 saturated carbocycles. The second-order valence-electron chi connectivity index (χ2n) is 15.8. The lowest BCUT2D eigenvalue weighted by Crippen LogP contribution is -1.91. The van der Waals surface area contributed by atoms with Crippen LogP contribution in [-0.4, -0.2) is 9.13 Å². The highest BCUT2D eigenvalue weighted by Crippen LogP contribution is 2.45. The zero-order chi connectivity index (χ0) is 38.5. The molecule has 2 heterocycles. The van der Waals surface area contributed by atoms with Crippen molar-refractivity contribution in [3.05, 3.63) is 194 Å². The molecule has 12 aromatic rings. The molecule has 0 amide bonds. The predicted octanol–water partition coefficient (Wildman–Crippen LogP) is 15.1. The van der Waals surface area contributed by atoms with Crippen LogP contribution in [0.25, 0.3) is 120 Å². The van der Waals surface area contributed by atoms with Crippen LogP contribution >= 0.6 is 0 Å². The van der Waals surface area contributed by atoms with Crippen molar-refractivity contribution in [1.29, 1.82) is 0 Å². The van der Waals surface area contributed by atoms with E-state index in [1.165, 1.54) is 120 Å². The highest BCUT2D eigenvalue weighted by atomic mass is 14.9. The third-order valence-corrected chi connectivity index (χ3v) is 12.7. The Balaban J connectivity index is 1.13. The molecular formula is C56H38N2. The second kappa shape index (κ2) is 12.5. The highest BCUT2D eigenvalue weighted by molar-refractivity contribution is 6.20. The number of fused-ring (bicyclic) bond motifs is 9. The number of rotatable bonds is 4. The van der Waals surface area contributed by atoms with Gasteiger partial charge in [0.15, 0.2) is 0 Å². The molecular weight excluding hydrogens is 701 g/mol. The SMILES string of the molecule is Cn1c2ccccc2c2cc(-c3cccc4c(-c5ccc6cc(-c7ccccc7)ccc6c5)c5cccc(-c6ccc7c(c6)c6ccccc6n7C)c5cc34)ccc21. The number of para-hydroxylation sites is 2. The fourth-order valence-electron chi connectivity index (χ4n) is 9.86. The van der Waals surface area contributed by atoms with E-state index in [9.17, 15) is 0 Å². The standard InChI is InChI=1S/C56H38N2/c1-57-52-20-8-6-14-44(52)50-32-39(26-28-54(50)57)42-16-10-18-46-48(42)34-49-43(40-27-29-55-51(33-40)45-15-7-9-21-53(45)58(55)2)17-11-19-47(49)56(46)41-25-24-37-30-36(22-23-38(37)31-41)35-12-4-3-5-13-35/h3-34H,1-2H3. The van der Waals surface area contributed by atoms with Gasteiger partial charge in [0, 0.05) is 57.7 Å². The minimum absolute atomic E-state index is 1.22. The van der Waals surface area contributed by atoms with E-state index in [-0.39, 0.29) is 0 Å². The molecule has 0 atom stereocenters. The molecule has 58 heavy (non-hydrogen) atoms. The summed E-state index contributed by atoms with van der Waals surface area (Å²) in [4.78, 5) is 0. The van der Waals surface area contributed by atoms with Crippen molar-refractivity contribution in [2.75, 3.05) is 0 Å². The van der Waals surface area contributed by atoms with Crippen molar-refractivity contribution in [2.45, 2.75) is 0 Å². The molecule has 2 nitrogen and oxygen atoms in total. The summed E-state index contributed by atoms with van der Waals surface area (Å²) in [5.41, 5.74) is 14.9. The molecule has 0 aliphatic rings. The van der Waals surface area contributed by atoms with Crippen LogP contribution in [0, 0.1) is 0 Å². The Bertz CT molecular complexity index is 3460. The van der Waals surface area contributed by atoms with Gasteiger partial charge in [0.25, 0.3) is 0 Å². The minimum atomic E-state index is 1.22. The third-order valence-electron chi connectivity index (χ3n) is 12.7. The topological polar surface area (TPSA) is 9.86 Å². The minimum Gasteiger partial charge on any atom is -0.344 e. The first-order valence-electron chi connectivity index (χ1n) is 20.1. The van der Waals surface area contributed by atoms with Crippen molar-refractivity contribution in [2.24, 2.45) is 14.1 Å². The average molecular weight is 739 g/mol. The van der Waals surface area contributed by atoms with Crippen LogP contribution in [0.3, 0.4) is 0 Å². The van der Waals surface area contributed by atoms with Gasteiger partial charge in [0.1, 0.15) is 0 Å². The van der Waals surface area contributed by atoms with Crippen LogP contribution in [0.4, 0.5) is 0 Å². The van der Waals surface area contributed by atoms with E-state index in [1.807, 2.05) is 0 Å². The van der Waals surface area contributed by atoms with Crippen molar-refractivity contribution in [3.8, 4) is 44.5 Å². The second-order valence-corrected chi connectivity index (χ2v) is 15.8. The molecule has 0 aliphatic heterocycles. The Morgan fingerprint density at radius 3 is 1.28 bits per heavy atom. The molecule has 12 rings (SSSR count). The van der Waals surface area contributed by atoms with E-state index in [1.54, 1.807) is 0 Å². The monoisotopic (exact) mass is 738 g/mol. The lowest BCUT2D eigenvalue weighted by molar-refractivity contribution is 1.01. The fourth-order valence-corrected chi connectivity index (χ4v) is 9.86. The van der Waals surface area contributed by atoms with Gasteiger partial charge in [0.2, 0.25) is 0 Å². The Morgan fingerprint density at radius 2 is 0.707 bits per heavy atom. The summed E-state index contributed by atoms with van der Waals surface area (Å²) in [5.74, 6) is 0. The van der Waals surface area contributed by atoms with Crippen LogP contribution in [0.15, 0.2) is 194 Å². The summed E-state index contributed by atoms with van der Waals surface area (Å²) in [6.45, 7) is 0. The lowest BCUT2D eigenvalue weighted by Gasteiger charge is -2.18. The molecule has 0 N–H and O–H groups in total. The summed E-state index contributed by atoms with van der Waals surface area (Å²) in [5, 5.41) is 12.6. The molecule has 0 bridgehead atoms. The van der Waals surface area contributed by atoms with Gasteiger partial charge in [-0.15, -0.1) is 0 Å². The average Bonchev–Trinajstić information content (AvgIpc) is 3.74. The van der Waals surface area contributed by atoms with Gasteiger partial charge in [-0.3, -0.25) is 0 Å². The maximum absolute atomic E-state index is 2.46. The van der Waals surface area contributed by atoms with E-state index in [2.05, 4.69) is 217 Å². The summed E-state index contributed by atoms with van der Waals surface area (Å²) in [7, 11) is 4.34. The molecule has 2 heteroatoms. The Hall–Kier alpha value is -7.42. The van der Waals surface area contributed by atoms with Crippen molar-refractivity contribution >= 4 is 75.9 Å². The first kappa shape index (κ1) is 32.8. The van der Waals surface area contributed by atoms with Gasteiger partial charge in [0.05, 0.1) is 0 Å². The van der Waals surface area contributed by atoms with E-state index in [0.717, 1.165) is 0 Å².